The second kappa shape index (κ2) is 7.06. The van der Waals surface area contributed by atoms with Gasteiger partial charge >= 0.3 is 0 Å². The van der Waals surface area contributed by atoms with Crippen LogP contribution in [0.3, 0.4) is 0 Å². The highest BCUT2D eigenvalue weighted by atomic mass is 19.1. The molecule has 2 aromatic heterocycles. The summed E-state index contributed by atoms with van der Waals surface area (Å²) in [4.78, 5) is 8.88. The van der Waals surface area contributed by atoms with Gasteiger partial charge in [0.15, 0.2) is 5.82 Å². The van der Waals surface area contributed by atoms with E-state index in [-0.39, 0.29) is 17.2 Å². The van der Waals surface area contributed by atoms with Gasteiger partial charge in [-0.3, -0.25) is 15.3 Å². The smallest absolute Gasteiger partial charge is 0.161 e. The van der Waals surface area contributed by atoms with Gasteiger partial charge in [-0.25, -0.2) is 13.5 Å². The fourth-order valence-corrected chi connectivity index (χ4v) is 4.76. The minimum Gasteiger partial charge on any atom is -0.507 e. The molecule has 5 rings (SSSR count). The third-order valence-electron chi connectivity index (χ3n) is 6.42. The molecule has 1 aromatic carbocycles. The number of nitrogens with zero attached hydrogens (tertiary/aromatic N) is 4. The Labute approximate surface area is 184 Å². The lowest BCUT2D eigenvalue weighted by Crippen LogP contribution is -2.61. The van der Waals surface area contributed by atoms with Crippen LogP contribution in [-0.4, -0.2) is 42.1 Å². The molecule has 0 saturated carbocycles. The topological polar surface area (TPSA) is 75.9 Å². The van der Waals surface area contributed by atoms with Crippen LogP contribution < -0.4 is 5.32 Å². The van der Waals surface area contributed by atoms with Gasteiger partial charge in [0.05, 0.1) is 47.4 Å². The zero-order valence-corrected chi connectivity index (χ0v) is 17.8. The molecule has 2 N–H and O–H groups in total. The predicted molar refractivity (Wildman–Crippen MR) is 117 cm³/mol. The summed E-state index contributed by atoms with van der Waals surface area (Å²) in [5.41, 5.74) is 1.58. The Morgan fingerprint density at radius 1 is 1.22 bits per heavy atom. The SMILES string of the molecule is C=C(c1cnc(-c2ccc(-n3cc(F)cn3)cc2O)cn1)[C@H]1C[C@]2(C)C=C[C@@](C)(N2)[C@H]1F. The number of aromatic nitrogens is 4. The average Bonchev–Trinajstić information content (AvgIpc) is 3.32. The van der Waals surface area contributed by atoms with E-state index in [1.165, 1.54) is 23.1 Å². The summed E-state index contributed by atoms with van der Waals surface area (Å²) in [6, 6.07) is 4.84. The van der Waals surface area contributed by atoms with E-state index >= 15 is 4.39 Å². The number of halogens is 2. The number of rotatable bonds is 4. The van der Waals surface area contributed by atoms with Crippen molar-refractivity contribution < 1.29 is 13.9 Å². The van der Waals surface area contributed by atoms with Crippen molar-refractivity contribution in [3.8, 4) is 22.7 Å². The maximum absolute atomic E-state index is 15.3. The standard InChI is InChI=1S/C24H23F2N5O/c1-14(18-9-23(2)6-7-24(3,30-23)22(18)26)19-11-28-20(12-27-19)17-5-4-16(8-21(17)32)31-13-15(25)10-29-31/h4-8,10-13,18,22,30,32H,1,9H2,2-3H3/t18-,22+,23+,24-/m1/s1. The minimum absolute atomic E-state index is 0.0371. The summed E-state index contributed by atoms with van der Waals surface area (Å²) in [5.74, 6) is -0.889. The molecule has 6 nitrogen and oxygen atoms in total. The number of alkyl halides is 1. The number of allylic oxidation sites excluding steroid dienone is 1. The third-order valence-corrected chi connectivity index (χ3v) is 6.42. The molecule has 2 bridgehead atoms. The maximum Gasteiger partial charge on any atom is 0.161 e. The highest BCUT2D eigenvalue weighted by Crippen LogP contribution is 2.46. The van der Waals surface area contributed by atoms with E-state index in [9.17, 15) is 9.50 Å². The molecule has 0 spiro atoms. The molecule has 1 saturated heterocycles. The van der Waals surface area contributed by atoms with Crippen LogP contribution in [0, 0.1) is 11.7 Å². The average molecular weight is 435 g/mol. The number of hydrogen-bond acceptors (Lipinski definition) is 5. The Bertz CT molecular complexity index is 1240. The second-order valence-electron chi connectivity index (χ2n) is 8.99. The summed E-state index contributed by atoms with van der Waals surface area (Å²) < 4.78 is 29.9. The minimum atomic E-state index is -1.13. The molecular formula is C24H23F2N5O. The highest BCUT2D eigenvalue weighted by Gasteiger charge is 2.52. The molecule has 2 aliphatic heterocycles. The number of hydrogen-bond donors (Lipinski definition) is 2. The van der Waals surface area contributed by atoms with E-state index in [0.29, 0.717) is 34.6 Å². The summed E-state index contributed by atoms with van der Waals surface area (Å²) in [7, 11) is 0. The van der Waals surface area contributed by atoms with Gasteiger partial charge in [0.1, 0.15) is 11.9 Å². The zero-order valence-electron chi connectivity index (χ0n) is 17.8. The van der Waals surface area contributed by atoms with Gasteiger partial charge in [-0.1, -0.05) is 18.7 Å². The number of phenolic OH excluding ortho intramolecular Hbond substituents is 1. The van der Waals surface area contributed by atoms with Crippen molar-refractivity contribution >= 4 is 5.57 Å². The molecule has 8 heteroatoms. The van der Waals surface area contributed by atoms with Crippen LogP contribution in [0.15, 0.2) is 61.7 Å². The highest BCUT2D eigenvalue weighted by molar-refractivity contribution is 5.70. The number of aromatic hydroxyl groups is 1. The molecule has 32 heavy (non-hydrogen) atoms. The molecular weight excluding hydrogens is 412 g/mol. The largest absolute Gasteiger partial charge is 0.507 e. The lowest BCUT2D eigenvalue weighted by molar-refractivity contribution is 0.0913. The molecule has 4 heterocycles. The fraction of sp³-hybridized carbons (Fsp3) is 0.292. The van der Waals surface area contributed by atoms with E-state index in [1.54, 1.807) is 18.3 Å². The quantitative estimate of drug-likeness (QED) is 0.600. The Hall–Kier alpha value is -3.39. The number of fused-ring (bicyclic) bond motifs is 2. The van der Waals surface area contributed by atoms with Crippen molar-refractivity contribution in [2.75, 3.05) is 0 Å². The molecule has 2 aliphatic rings. The predicted octanol–water partition coefficient (Wildman–Crippen LogP) is 4.22. The molecule has 4 atom stereocenters. The number of nitrogens with one attached hydrogen (secondary N) is 1. The van der Waals surface area contributed by atoms with Crippen LogP contribution in [0.2, 0.25) is 0 Å². The number of benzene rings is 1. The van der Waals surface area contributed by atoms with E-state index in [2.05, 4.69) is 33.9 Å². The Morgan fingerprint density at radius 2 is 2.03 bits per heavy atom. The van der Waals surface area contributed by atoms with Gasteiger partial charge in [-0.15, -0.1) is 0 Å². The third kappa shape index (κ3) is 3.31. The summed E-state index contributed by atoms with van der Waals surface area (Å²) >= 11 is 0. The van der Waals surface area contributed by atoms with Crippen molar-refractivity contribution in [1.82, 2.24) is 25.1 Å². The van der Waals surface area contributed by atoms with Gasteiger partial charge in [-0.05, 0) is 38.0 Å². The monoisotopic (exact) mass is 435 g/mol. The van der Waals surface area contributed by atoms with Gasteiger partial charge in [0, 0.05) is 23.1 Å². The first-order valence-corrected chi connectivity index (χ1v) is 10.4. The van der Waals surface area contributed by atoms with Gasteiger partial charge < -0.3 is 5.11 Å². The van der Waals surface area contributed by atoms with Crippen LogP contribution in [-0.2, 0) is 0 Å². The lowest BCUT2D eigenvalue weighted by Gasteiger charge is -2.45. The van der Waals surface area contributed by atoms with Crippen molar-refractivity contribution in [3.63, 3.8) is 0 Å². The van der Waals surface area contributed by atoms with Gasteiger partial charge in [-0.2, -0.15) is 5.10 Å². The Balaban J connectivity index is 1.38. The van der Waals surface area contributed by atoms with E-state index < -0.39 is 17.5 Å². The molecule has 164 valence electrons. The van der Waals surface area contributed by atoms with Crippen molar-refractivity contribution in [2.45, 2.75) is 37.5 Å². The number of phenols is 1. The fourth-order valence-electron chi connectivity index (χ4n) is 4.76. The molecule has 0 unspecified atom stereocenters. The normalized spacial score (nSPS) is 28.8. The van der Waals surface area contributed by atoms with Crippen LogP contribution in [0.5, 0.6) is 5.75 Å². The van der Waals surface area contributed by atoms with Gasteiger partial charge in [0.2, 0.25) is 0 Å². The Morgan fingerprint density at radius 3 is 2.69 bits per heavy atom. The first-order chi connectivity index (χ1) is 15.2. The van der Waals surface area contributed by atoms with Gasteiger partial charge in [0.25, 0.3) is 0 Å². The van der Waals surface area contributed by atoms with Crippen LogP contribution in [0.25, 0.3) is 22.5 Å². The van der Waals surface area contributed by atoms with Crippen LogP contribution >= 0.6 is 0 Å². The molecule has 0 aliphatic carbocycles. The summed E-state index contributed by atoms with van der Waals surface area (Å²) in [6.45, 7) is 8.05. The van der Waals surface area contributed by atoms with Crippen molar-refractivity contribution in [2.24, 2.45) is 5.92 Å². The summed E-state index contributed by atoms with van der Waals surface area (Å²) in [5, 5.41) is 17.7. The van der Waals surface area contributed by atoms with E-state index in [4.69, 9.17) is 0 Å². The lowest BCUT2D eigenvalue weighted by atomic mass is 9.74. The second-order valence-corrected chi connectivity index (χ2v) is 8.99. The first kappa shape index (κ1) is 20.5. The molecule has 0 radical (unpaired) electrons. The number of piperidine rings is 1. The van der Waals surface area contributed by atoms with E-state index in [0.717, 1.165) is 6.20 Å². The maximum atomic E-state index is 15.3. The summed E-state index contributed by atoms with van der Waals surface area (Å²) in [6.07, 6.45) is 8.79. The molecule has 3 aromatic rings. The van der Waals surface area contributed by atoms with E-state index in [1.807, 2.05) is 19.1 Å². The molecule has 0 amide bonds. The van der Waals surface area contributed by atoms with Crippen LogP contribution in [0.4, 0.5) is 8.78 Å². The van der Waals surface area contributed by atoms with Crippen molar-refractivity contribution in [1.29, 1.82) is 0 Å². The van der Waals surface area contributed by atoms with Crippen molar-refractivity contribution in [3.05, 3.63) is 73.2 Å². The molecule has 1 fully saturated rings. The first-order valence-electron chi connectivity index (χ1n) is 10.4. The zero-order chi connectivity index (χ0) is 22.7. The van der Waals surface area contributed by atoms with Crippen LogP contribution in [0.1, 0.15) is 26.0 Å². The Kier molecular flexibility index (Phi) is 4.53.